The number of thioether (sulfide) groups is 2. The van der Waals surface area contributed by atoms with Gasteiger partial charge >= 0.3 is 0 Å². The Labute approximate surface area is 184 Å². The van der Waals surface area contributed by atoms with Gasteiger partial charge in [-0.15, -0.1) is 30.1 Å². The molecule has 1 aliphatic heterocycles. The average Bonchev–Trinajstić information content (AvgIpc) is 3.42. The van der Waals surface area contributed by atoms with Gasteiger partial charge in [-0.1, -0.05) is 36.4 Å². The van der Waals surface area contributed by atoms with Gasteiger partial charge in [-0.3, -0.25) is 4.79 Å². The molecule has 1 fully saturated rings. The van der Waals surface area contributed by atoms with Crippen molar-refractivity contribution in [3.8, 4) is 5.75 Å². The Morgan fingerprint density at radius 1 is 1.20 bits per heavy atom. The molecule has 30 heavy (non-hydrogen) atoms. The molecule has 0 aliphatic carbocycles. The number of benzene rings is 2. The van der Waals surface area contributed by atoms with Crippen LogP contribution in [0.4, 0.5) is 0 Å². The molecule has 0 spiro atoms. The Bertz CT molecular complexity index is 1050. The maximum Gasteiger partial charge on any atom is 0.277 e. The lowest BCUT2D eigenvalue weighted by Crippen LogP contribution is -2.24. The first-order valence-electron chi connectivity index (χ1n) is 9.71. The first-order valence-corrected chi connectivity index (χ1v) is 11.8. The highest BCUT2D eigenvalue weighted by atomic mass is 32.2. The smallest absolute Gasteiger partial charge is 0.277 e. The molecule has 0 atom stereocenters. The molecule has 0 radical (unpaired) electrons. The molecule has 1 amide bonds. The van der Waals surface area contributed by atoms with E-state index in [9.17, 15) is 4.79 Å². The average molecular weight is 438 g/mol. The van der Waals surface area contributed by atoms with Gasteiger partial charge in [0.25, 0.3) is 5.91 Å². The van der Waals surface area contributed by atoms with Crippen LogP contribution in [0.1, 0.15) is 15.7 Å². The number of aromatic nitrogens is 1. The highest BCUT2D eigenvalue weighted by Gasteiger charge is 2.18. The summed E-state index contributed by atoms with van der Waals surface area (Å²) < 4.78 is 8.19. The first-order chi connectivity index (χ1) is 14.7. The number of para-hydroxylation sites is 1. The lowest BCUT2D eigenvalue weighted by atomic mass is 10.2. The zero-order valence-electron chi connectivity index (χ0n) is 16.5. The van der Waals surface area contributed by atoms with E-state index in [0.717, 1.165) is 16.5 Å². The number of nitrogens with one attached hydrogen (secondary N) is 1. The first kappa shape index (κ1) is 20.6. The van der Waals surface area contributed by atoms with Crippen molar-refractivity contribution in [2.45, 2.75) is 11.1 Å². The van der Waals surface area contributed by atoms with Crippen LogP contribution in [0.25, 0.3) is 10.9 Å². The lowest BCUT2D eigenvalue weighted by Gasteiger charge is -2.10. The van der Waals surface area contributed by atoms with Gasteiger partial charge in [0.1, 0.15) is 5.75 Å². The van der Waals surface area contributed by atoms with Gasteiger partial charge in [-0.2, -0.15) is 5.10 Å². The zero-order valence-corrected chi connectivity index (χ0v) is 18.1. The number of rotatable bonds is 8. The highest BCUT2D eigenvalue weighted by Crippen LogP contribution is 2.45. The van der Waals surface area contributed by atoms with Gasteiger partial charge in [0.2, 0.25) is 0 Å². The van der Waals surface area contributed by atoms with E-state index in [1.54, 1.807) is 6.21 Å². The van der Waals surface area contributed by atoms with Crippen LogP contribution in [-0.4, -0.2) is 34.8 Å². The molecule has 1 N–H and O–H groups in total. The topological polar surface area (TPSA) is 55.6 Å². The molecule has 0 unspecified atom stereocenters. The molecule has 2 heterocycles. The predicted octanol–water partition coefficient (Wildman–Crippen LogP) is 4.84. The second-order valence-electron chi connectivity index (χ2n) is 6.77. The van der Waals surface area contributed by atoms with E-state index < -0.39 is 0 Å². The SMILES string of the molecule is C=CCn1cc(/C=N\NC(=O)COc2ccc(C3SCCS3)cc2)c2ccccc21. The van der Waals surface area contributed by atoms with Gasteiger partial charge in [-0.05, 0) is 23.8 Å². The molecule has 1 aromatic heterocycles. The maximum atomic E-state index is 12.1. The number of nitrogens with zero attached hydrogens (tertiary/aromatic N) is 2. The number of amides is 1. The van der Waals surface area contributed by atoms with E-state index in [0.29, 0.717) is 16.9 Å². The number of ether oxygens (including phenoxy) is 1. The zero-order chi connectivity index (χ0) is 20.8. The van der Waals surface area contributed by atoms with E-state index in [1.807, 2.05) is 66.1 Å². The molecule has 3 aromatic rings. The van der Waals surface area contributed by atoms with E-state index >= 15 is 0 Å². The Kier molecular flexibility index (Phi) is 6.81. The summed E-state index contributed by atoms with van der Waals surface area (Å²) >= 11 is 3.93. The molecular formula is C23H23N3O2S2. The van der Waals surface area contributed by atoms with Crippen molar-refractivity contribution >= 4 is 46.5 Å². The minimum absolute atomic E-state index is 0.0815. The number of carbonyl (C=O) groups excluding carboxylic acids is 1. The second-order valence-corrected chi connectivity index (χ2v) is 9.49. The number of allylic oxidation sites excluding steroid dienone is 1. The summed E-state index contributed by atoms with van der Waals surface area (Å²) in [5.41, 5.74) is 5.86. The Morgan fingerprint density at radius 3 is 2.73 bits per heavy atom. The quantitative estimate of drug-likeness (QED) is 0.311. The third-order valence-corrected chi connectivity index (χ3v) is 7.79. The maximum absolute atomic E-state index is 12.1. The van der Waals surface area contributed by atoms with Crippen molar-refractivity contribution in [1.82, 2.24) is 9.99 Å². The minimum atomic E-state index is -0.299. The molecule has 7 heteroatoms. The Morgan fingerprint density at radius 2 is 1.97 bits per heavy atom. The lowest BCUT2D eigenvalue weighted by molar-refractivity contribution is -0.123. The number of hydrogen-bond acceptors (Lipinski definition) is 5. The number of fused-ring (bicyclic) bond motifs is 1. The molecule has 5 nitrogen and oxygen atoms in total. The summed E-state index contributed by atoms with van der Waals surface area (Å²) in [4.78, 5) is 12.1. The van der Waals surface area contributed by atoms with Crippen molar-refractivity contribution < 1.29 is 9.53 Å². The summed E-state index contributed by atoms with van der Waals surface area (Å²) in [7, 11) is 0. The standard InChI is InChI=1S/C23H23N3O2S2/c1-2-11-26-15-18(20-5-3-4-6-21(20)26)14-24-25-22(27)16-28-19-9-7-17(8-10-19)23-29-12-13-30-23/h2-10,14-15,23H,1,11-13,16H2,(H,25,27)/b24-14-. The third-order valence-electron chi connectivity index (χ3n) is 4.68. The van der Waals surface area contributed by atoms with Crippen molar-refractivity contribution in [2.24, 2.45) is 5.10 Å². The fraction of sp³-hybridized carbons (Fsp3) is 0.217. The van der Waals surface area contributed by atoms with Crippen LogP contribution in [0.15, 0.2) is 72.5 Å². The molecule has 1 saturated heterocycles. The monoisotopic (exact) mass is 437 g/mol. The van der Waals surface area contributed by atoms with E-state index in [1.165, 1.54) is 17.1 Å². The van der Waals surface area contributed by atoms with Gasteiger partial charge < -0.3 is 9.30 Å². The van der Waals surface area contributed by atoms with Crippen LogP contribution in [0.5, 0.6) is 5.75 Å². The number of hydrazone groups is 1. The van der Waals surface area contributed by atoms with Gasteiger partial charge in [0, 0.05) is 40.7 Å². The molecule has 2 aromatic carbocycles. The summed E-state index contributed by atoms with van der Waals surface area (Å²) in [6.45, 7) is 4.43. The Balaban J connectivity index is 1.31. The van der Waals surface area contributed by atoms with Crippen molar-refractivity contribution in [3.05, 3.63) is 78.5 Å². The summed E-state index contributed by atoms with van der Waals surface area (Å²) in [5, 5.41) is 5.17. The predicted molar refractivity (Wildman–Crippen MR) is 127 cm³/mol. The van der Waals surface area contributed by atoms with Crippen LogP contribution < -0.4 is 10.2 Å². The molecular weight excluding hydrogens is 414 g/mol. The molecule has 4 rings (SSSR count). The summed E-state index contributed by atoms with van der Waals surface area (Å²) in [6.07, 6.45) is 5.51. The second kappa shape index (κ2) is 9.91. The van der Waals surface area contributed by atoms with Gasteiger partial charge in [0.05, 0.1) is 10.8 Å². The fourth-order valence-electron chi connectivity index (χ4n) is 3.30. The Hall–Kier alpha value is -2.64. The third kappa shape index (κ3) is 4.91. The largest absolute Gasteiger partial charge is 0.484 e. The summed E-state index contributed by atoms with van der Waals surface area (Å²) in [5.74, 6) is 2.77. The van der Waals surface area contributed by atoms with Crippen LogP contribution in [0.2, 0.25) is 0 Å². The molecule has 154 valence electrons. The van der Waals surface area contributed by atoms with Gasteiger partial charge in [0.15, 0.2) is 6.61 Å². The number of carbonyl (C=O) groups is 1. The molecule has 1 aliphatic rings. The van der Waals surface area contributed by atoms with Crippen molar-refractivity contribution in [3.63, 3.8) is 0 Å². The van der Waals surface area contributed by atoms with E-state index in [2.05, 4.69) is 39.9 Å². The van der Waals surface area contributed by atoms with Crippen LogP contribution in [-0.2, 0) is 11.3 Å². The highest BCUT2D eigenvalue weighted by molar-refractivity contribution is 8.19. The molecule has 0 bridgehead atoms. The normalized spacial score (nSPS) is 14.4. The van der Waals surface area contributed by atoms with E-state index in [4.69, 9.17) is 4.74 Å². The van der Waals surface area contributed by atoms with E-state index in [-0.39, 0.29) is 12.5 Å². The van der Waals surface area contributed by atoms with Crippen LogP contribution in [0.3, 0.4) is 0 Å². The molecule has 0 saturated carbocycles. The van der Waals surface area contributed by atoms with Crippen molar-refractivity contribution in [2.75, 3.05) is 18.1 Å². The van der Waals surface area contributed by atoms with Gasteiger partial charge in [-0.25, -0.2) is 5.43 Å². The summed E-state index contributed by atoms with van der Waals surface area (Å²) in [6, 6.07) is 16.0. The van der Waals surface area contributed by atoms with Crippen molar-refractivity contribution in [1.29, 1.82) is 0 Å². The minimum Gasteiger partial charge on any atom is -0.484 e. The number of hydrogen-bond donors (Lipinski definition) is 1. The fourth-order valence-corrected chi connectivity index (χ4v) is 6.15. The van der Waals surface area contributed by atoms with Crippen LogP contribution >= 0.6 is 23.5 Å². The van der Waals surface area contributed by atoms with Crippen LogP contribution in [0, 0.1) is 0 Å².